The van der Waals surface area contributed by atoms with E-state index >= 15 is 0 Å². The van der Waals surface area contributed by atoms with E-state index in [1.54, 1.807) is 19.2 Å². The van der Waals surface area contributed by atoms with Crippen molar-refractivity contribution in [2.45, 2.75) is 5.92 Å². The zero-order valence-corrected chi connectivity index (χ0v) is 19.3. The molecule has 32 heavy (non-hydrogen) atoms. The molecule has 1 aromatic heterocycles. The molecule has 0 radical (unpaired) electrons. The van der Waals surface area contributed by atoms with Gasteiger partial charge >= 0.3 is 0 Å². The monoisotopic (exact) mass is 466 g/mol. The molecule has 1 aliphatic rings. The van der Waals surface area contributed by atoms with Crippen LogP contribution in [0.4, 0.5) is 5.69 Å². The smallest absolute Gasteiger partial charge is 0.170 e. The van der Waals surface area contributed by atoms with Crippen molar-refractivity contribution in [1.82, 2.24) is 9.88 Å². The molecule has 6 nitrogen and oxygen atoms in total. The van der Waals surface area contributed by atoms with E-state index in [1.165, 1.54) is 11.3 Å². The van der Waals surface area contributed by atoms with Gasteiger partial charge in [-0.15, -0.1) is 11.3 Å². The molecule has 3 aromatic rings. The van der Waals surface area contributed by atoms with Gasteiger partial charge < -0.3 is 9.64 Å². The van der Waals surface area contributed by atoms with Gasteiger partial charge in [0, 0.05) is 42.1 Å². The van der Waals surface area contributed by atoms with Crippen LogP contribution in [0.1, 0.15) is 10.9 Å². The lowest BCUT2D eigenvalue weighted by atomic mass is 10.1. The van der Waals surface area contributed by atoms with Gasteiger partial charge in [0.05, 0.1) is 31.1 Å². The molecule has 2 aromatic carbocycles. The fourth-order valence-electron chi connectivity index (χ4n) is 3.79. The molecule has 0 bridgehead atoms. The number of ketones is 1. The Labute approximate surface area is 196 Å². The first-order chi connectivity index (χ1) is 15.6. The predicted molar refractivity (Wildman–Crippen MR) is 128 cm³/mol. The fraction of sp³-hybridized carbons (Fsp3) is 0.292. The van der Waals surface area contributed by atoms with Gasteiger partial charge in [0.15, 0.2) is 11.7 Å². The molecular weight excluding hydrogens is 444 g/mol. The van der Waals surface area contributed by atoms with Crippen molar-refractivity contribution < 1.29 is 9.53 Å². The highest BCUT2D eigenvalue weighted by Crippen LogP contribution is 2.30. The van der Waals surface area contributed by atoms with Gasteiger partial charge in [-0.05, 0) is 24.3 Å². The van der Waals surface area contributed by atoms with Crippen LogP contribution in [0.5, 0.6) is 5.75 Å². The fourth-order valence-corrected chi connectivity index (χ4v) is 4.81. The number of ether oxygens (including phenoxy) is 1. The first kappa shape index (κ1) is 22.3. The minimum absolute atomic E-state index is 0.116. The summed E-state index contributed by atoms with van der Waals surface area (Å²) >= 11 is 7.30. The summed E-state index contributed by atoms with van der Waals surface area (Å²) in [6, 6.07) is 17.5. The molecule has 2 heterocycles. The van der Waals surface area contributed by atoms with Crippen molar-refractivity contribution in [2.24, 2.45) is 0 Å². The molecular formula is C24H23ClN4O2S. The SMILES string of the molecule is COc1ccccc1N1CCN(CC(=O)C(C#N)c2nc(-c3ccc(Cl)cc3)cs2)CC1. The number of aromatic nitrogens is 1. The molecule has 0 N–H and O–H groups in total. The van der Waals surface area contributed by atoms with Crippen LogP contribution < -0.4 is 9.64 Å². The molecule has 4 rings (SSSR count). The van der Waals surface area contributed by atoms with Crippen LogP contribution in [0, 0.1) is 11.3 Å². The van der Waals surface area contributed by atoms with Gasteiger partial charge in [0.25, 0.3) is 0 Å². The van der Waals surface area contributed by atoms with Gasteiger partial charge in [-0.3, -0.25) is 9.69 Å². The maximum Gasteiger partial charge on any atom is 0.170 e. The summed E-state index contributed by atoms with van der Waals surface area (Å²) in [5.41, 5.74) is 2.72. The van der Waals surface area contributed by atoms with Crippen LogP contribution in [-0.2, 0) is 4.79 Å². The molecule has 0 spiro atoms. The second-order valence-electron chi connectivity index (χ2n) is 7.54. The molecule has 164 valence electrons. The third-order valence-electron chi connectivity index (χ3n) is 5.54. The Kier molecular flexibility index (Phi) is 7.05. The highest BCUT2D eigenvalue weighted by atomic mass is 35.5. The number of Topliss-reactive ketones (excluding diaryl/α,β-unsaturated/α-hetero) is 1. The topological polar surface area (TPSA) is 69.5 Å². The Hall–Kier alpha value is -2.92. The van der Waals surface area contributed by atoms with E-state index in [1.807, 2.05) is 41.8 Å². The molecule has 0 amide bonds. The Morgan fingerprint density at radius 1 is 1.19 bits per heavy atom. The lowest BCUT2D eigenvalue weighted by Crippen LogP contribution is -2.48. The number of rotatable bonds is 7. The minimum atomic E-state index is -0.853. The van der Waals surface area contributed by atoms with E-state index in [0.29, 0.717) is 10.0 Å². The van der Waals surface area contributed by atoms with Crippen molar-refractivity contribution in [2.75, 3.05) is 44.7 Å². The van der Waals surface area contributed by atoms with Gasteiger partial charge in [-0.25, -0.2) is 4.98 Å². The Morgan fingerprint density at radius 3 is 2.59 bits per heavy atom. The summed E-state index contributed by atoms with van der Waals surface area (Å²) in [6.45, 7) is 3.32. The number of hydrogen-bond acceptors (Lipinski definition) is 7. The maximum absolute atomic E-state index is 12.9. The standard InChI is InChI=1S/C24H23ClN4O2S/c1-31-23-5-3-2-4-21(23)29-12-10-28(11-13-29)15-22(30)19(14-26)24-27-20(16-32-24)17-6-8-18(25)9-7-17/h2-9,16,19H,10-13,15H2,1H3. The molecule has 0 saturated carbocycles. The molecule has 1 fully saturated rings. The number of carbonyl (C=O) groups is 1. The summed E-state index contributed by atoms with van der Waals surface area (Å²) in [5, 5.41) is 12.7. The van der Waals surface area contributed by atoms with Crippen molar-refractivity contribution in [3.8, 4) is 23.1 Å². The first-order valence-electron chi connectivity index (χ1n) is 10.3. The quantitative estimate of drug-likeness (QED) is 0.511. The van der Waals surface area contributed by atoms with Crippen molar-refractivity contribution >= 4 is 34.4 Å². The number of benzene rings is 2. The van der Waals surface area contributed by atoms with Gasteiger partial charge in [-0.2, -0.15) is 5.26 Å². The molecule has 1 aliphatic heterocycles. The van der Waals surface area contributed by atoms with Crippen molar-refractivity contribution in [1.29, 1.82) is 5.26 Å². The van der Waals surface area contributed by atoms with E-state index in [4.69, 9.17) is 16.3 Å². The summed E-state index contributed by atoms with van der Waals surface area (Å²) in [6.07, 6.45) is 0. The van der Waals surface area contributed by atoms with E-state index in [0.717, 1.165) is 48.9 Å². The Morgan fingerprint density at radius 2 is 1.91 bits per heavy atom. The second-order valence-corrected chi connectivity index (χ2v) is 8.87. The molecule has 1 unspecified atom stereocenters. The number of hydrogen-bond donors (Lipinski definition) is 0. The number of thiazole rings is 1. The van der Waals surface area contributed by atoms with Crippen molar-refractivity contribution in [3.05, 3.63) is 63.9 Å². The summed E-state index contributed by atoms with van der Waals surface area (Å²) in [7, 11) is 1.67. The zero-order valence-electron chi connectivity index (χ0n) is 17.7. The minimum Gasteiger partial charge on any atom is -0.495 e. The van der Waals surface area contributed by atoms with Crippen LogP contribution >= 0.6 is 22.9 Å². The summed E-state index contributed by atoms with van der Waals surface area (Å²) < 4.78 is 5.47. The number of methoxy groups -OCH3 is 1. The number of carbonyl (C=O) groups excluding carboxylic acids is 1. The number of piperazine rings is 1. The highest BCUT2D eigenvalue weighted by Gasteiger charge is 2.27. The van der Waals surface area contributed by atoms with E-state index in [-0.39, 0.29) is 12.3 Å². The third kappa shape index (κ3) is 4.94. The Bertz CT molecular complexity index is 1120. The molecule has 1 saturated heterocycles. The third-order valence-corrected chi connectivity index (χ3v) is 6.70. The van der Waals surface area contributed by atoms with Gasteiger partial charge in [0.1, 0.15) is 10.8 Å². The first-order valence-corrected chi connectivity index (χ1v) is 11.6. The number of halogens is 1. The van der Waals surface area contributed by atoms with E-state index < -0.39 is 5.92 Å². The van der Waals surface area contributed by atoms with E-state index in [2.05, 4.69) is 20.9 Å². The van der Waals surface area contributed by atoms with Crippen LogP contribution in [0.25, 0.3) is 11.3 Å². The molecule has 8 heteroatoms. The van der Waals surface area contributed by atoms with Crippen LogP contribution in [0.15, 0.2) is 53.9 Å². The normalized spacial score (nSPS) is 15.2. The van der Waals surface area contributed by atoms with Crippen LogP contribution in [0.2, 0.25) is 5.02 Å². The lowest BCUT2D eigenvalue weighted by molar-refractivity contribution is -0.120. The van der Waals surface area contributed by atoms with Crippen LogP contribution in [-0.4, -0.2) is 55.5 Å². The maximum atomic E-state index is 12.9. The number of nitriles is 1. The van der Waals surface area contributed by atoms with Gasteiger partial charge in [-0.1, -0.05) is 35.9 Å². The van der Waals surface area contributed by atoms with E-state index in [9.17, 15) is 10.1 Å². The number of anilines is 1. The largest absolute Gasteiger partial charge is 0.495 e. The van der Waals surface area contributed by atoms with Gasteiger partial charge in [0.2, 0.25) is 0 Å². The highest BCUT2D eigenvalue weighted by molar-refractivity contribution is 7.10. The lowest BCUT2D eigenvalue weighted by Gasteiger charge is -2.36. The van der Waals surface area contributed by atoms with Crippen molar-refractivity contribution in [3.63, 3.8) is 0 Å². The number of nitrogens with zero attached hydrogens (tertiary/aromatic N) is 4. The molecule has 0 aliphatic carbocycles. The van der Waals surface area contributed by atoms with Crippen LogP contribution in [0.3, 0.4) is 0 Å². The Balaban J connectivity index is 1.37. The second kappa shape index (κ2) is 10.1. The molecule has 1 atom stereocenters. The summed E-state index contributed by atoms with van der Waals surface area (Å²) in [5.74, 6) is -0.120. The zero-order chi connectivity index (χ0) is 22.5. The average molecular weight is 467 g/mol. The number of para-hydroxylation sites is 2. The predicted octanol–water partition coefficient (Wildman–Crippen LogP) is 4.47. The average Bonchev–Trinajstić information content (AvgIpc) is 3.30. The summed E-state index contributed by atoms with van der Waals surface area (Å²) in [4.78, 5) is 21.9.